The summed E-state index contributed by atoms with van der Waals surface area (Å²) in [4.78, 5) is 72.8. The van der Waals surface area contributed by atoms with Gasteiger partial charge < -0.3 is 33.8 Å². The van der Waals surface area contributed by atoms with Crippen LogP contribution in [0.25, 0.3) is 0 Å². The number of hydrogen-bond donors (Lipinski definition) is 3. The molecule has 98 heavy (non-hydrogen) atoms. The SMILES string of the molecule is CC/C=C\C/C=C\C/C=C\C/C=C\CCCCCCC(=O)OCC(COP(=O)(O)OCC(O)COP(=O)(O)OCC(COC(=O)CCCC/C=C\C/C=C\C/C=C\C/C=C\CC)OC(=O)CCCCCCC/C=C\CCCCCC)OC(=O)CCCCCCC/C=C\C/C=C\CCC. The zero-order valence-electron chi connectivity index (χ0n) is 60.9. The Labute approximate surface area is 593 Å². The van der Waals surface area contributed by atoms with Gasteiger partial charge in [0.2, 0.25) is 0 Å². The summed E-state index contributed by atoms with van der Waals surface area (Å²) in [7, 11) is -9.98. The zero-order valence-corrected chi connectivity index (χ0v) is 62.7. The summed E-state index contributed by atoms with van der Waals surface area (Å²) < 4.78 is 68.3. The van der Waals surface area contributed by atoms with E-state index in [4.69, 9.17) is 37.0 Å². The van der Waals surface area contributed by atoms with Crippen molar-refractivity contribution in [2.75, 3.05) is 39.6 Å². The average molecular weight is 1420 g/mol. The van der Waals surface area contributed by atoms with Gasteiger partial charge in [-0.3, -0.25) is 37.3 Å². The van der Waals surface area contributed by atoms with Crippen LogP contribution in [0.4, 0.5) is 0 Å². The number of phosphoric acid groups is 2. The molecule has 560 valence electrons. The van der Waals surface area contributed by atoms with Gasteiger partial charge in [0.1, 0.15) is 19.3 Å². The topological polar surface area (TPSA) is 237 Å². The van der Waals surface area contributed by atoms with E-state index >= 15 is 0 Å². The Kier molecular flexibility index (Phi) is 67.2. The van der Waals surface area contributed by atoms with Crippen molar-refractivity contribution in [2.24, 2.45) is 0 Å². The lowest BCUT2D eigenvalue weighted by Crippen LogP contribution is -2.30. The minimum atomic E-state index is -4.99. The number of hydrogen-bond acceptors (Lipinski definition) is 15. The second-order valence-electron chi connectivity index (χ2n) is 24.5. The van der Waals surface area contributed by atoms with Crippen LogP contribution in [0.2, 0.25) is 0 Å². The highest BCUT2D eigenvalue weighted by molar-refractivity contribution is 7.47. The molecule has 0 rings (SSSR count). The standard InChI is InChI=1S/C79H132O17P2/c1-5-9-13-17-21-25-29-33-35-36-38-42-44-48-52-56-60-64-77(82)90-70-75(96-79(84)66-62-58-54-50-46-40-32-28-24-20-16-12-8-4)72-94-98(87,88)92-68-73(80)67-91-97(85,86)93-71-74(95-78(83)65-61-57-53-49-45-39-31-27-23-19-15-11-7-3)69-89-76(81)63-59-55-51-47-43-41-37-34-30-26-22-18-14-10-6-2/h9-10,13-14,16,20-22,25-28,31-35,37-38,42-43,47,73-75,80H,5-8,11-12,15,17-19,23-24,29-30,36,39-41,44-46,48-72H2,1-4H3,(H,85,86)(H,87,88)/b13-9-,14-10-,20-16-,25-21-,26-22-,31-27-,32-28-,35-33-,37-34-,42-38-,47-43-. The van der Waals surface area contributed by atoms with Gasteiger partial charge >= 0.3 is 39.5 Å². The molecule has 0 aliphatic rings. The number of carbonyl (C=O) groups excluding carboxylic acids is 4. The molecule has 0 aromatic rings. The molecule has 0 saturated carbocycles. The Hall–Kier alpha value is -4.80. The second kappa shape index (κ2) is 70.6. The molecule has 0 saturated heterocycles. The largest absolute Gasteiger partial charge is 0.472 e. The molecule has 0 aliphatic heterocycles. The number of aliphatic hydroxyl groups is 1. The maximum Gasteiger partial charge on any atom is 0.472 e. The van der Waals surface area contributed by atoms with Crippen LogP contribution in [-0.2, 0) is 65.4 Å². The molecule has 17 nitrogen and oxygen atoms in total. The quantitative estimate of drug-likeness (QED) is 0.0169. The number of unbranched alkanes of at least 4 members (excludes halogenated alkanes) is 21. The van der Waals surface area contributed by atoms with Crippen LogP contribution < -0.4 is 0 Å². The first kappa shape index (κ1) is 93.2. The summed E-state index contributed by atoms with van der Waals surface area (Å²) in [5, 5.41) is 10.6. The van der Waals surface area contributed by atoms with E-state index < -0.39 is 97.5 Å². The molecular weight excluding hydrogens is 1280 g/mol. The summed E-state index contributed by atoms with van der Waals surface area (Å²) in [5.41, 5.74) is 0. The van der Waals surface area contributed by atoms with Crippen molar-refractivity contribution in [3.05, 3.63) is 134 Å². The molecule has 5 unspecified atom stereocenters. The van der Waals surface area contributed by atoms with E-state index in [2.05, 4.69) is 161 Å². The minimum Gasteiger partial charge on any atom is -0.462 e. The molecule has 0 fully saturated rings. The fourth-order valence-corrected chi connectivity index (χ4v) is 11.0. The molecule has 0 radical (unpaired) electrons. The zero-order chi connectivity index (χ0) is 71.8. The van der Waals surface area contributed by atoms with E-state index in [0.29, 0.717) is 25.7 Å². The molecule has 0 aromatic carbocycles. The Balaban J connectivity index is 5.41. The number of aliphatic hydroxyl groups excluding tert-OH is 1. The van der Waals surface area contributed by atoms with Crippen LogP contribution in [0.15, 0.2) is 134 Å². The van der Waals surface area contributed by atoms with Gasteiger partial charge in [0.25, 0.3) is 0 Å². The van der Waals surface area contributed by atoms with Crippen molar-refractivity contribution in [1.29, 1.82) is 0 Å². The summed E-state index contributed by atoms with van der Waals surface area (Å²) in [5.74, 6) is -2.28. The first-order valence-corrected chi connectivity index (χ1v) is 40.4. The molecular formula is C79H132O17P2. The number of allylic oxidation sites excluding steroid dienone is 22. The summed E-state index contributed by atoms with van der Waals surface area (Å²) in [6, 6.07) is 0. The Morgan fingerprint density at radius 3 is 0.888 bits per heavy atom. The molecule has 0 amide bonds. The van der Waals surface area contributed by atoms with Crippen LogP contribution in [0.3, 0.4) is 0 Å². The summed E-state index contributed by atoms with van der Waals surface area (Å²) in [6.45, 7) is 4.45. The van der Waals surface area contributed by atoms with Crippen molar-refractivity contribution in [2.45, 2.75) is 303 Å². The molecule has 5 atom stereocenters. The lowest BCUT2D eigenvalue weighted by atomic mass is 10.1. The van der Waals surface area contributed by atoms with Crippen LogP contribution in [0.1, 0.15) is 285 Å². The van der Waals surface area contributed by atoms with Crippen molar-refractivity contribution in [3.63, 3.8) is 0 Å². The van der Waals surface area contributed by atoms with E-state index in [1.807, 2.05) is 0 Å². The van der Waals surface area contributed by atoms with Crippen molar-refractivity contribution in [1.82, 2.24) is 0 Å². The minimum absolute atomic E-state index is 0.0687. The summed E-state index contributed by atoms with van der Waals surface area (Å²) in [6.07, 6.45) is 77.4. The number of phosphoric ester groups is 2. The smallest absolute Gasteiger partial charge is 0.462 e. The monoisotopic (exact) mass is 1410 g/mol. The normalized spacial score (nSPS) is 14.7. The van der Waals surface area contributed by atoms with Gasteiger partial charge in [0.05, 0.1) is 26.4 Å². The number of rotatable bonds is 69. The van der Waals surface area contributed by atoms with Crippen LogP contribution in [0.5, 0.6) is 0 Å². The van der Waals surface area contributed by atoms with Crippen LogP contribution >= 0.6 is 15.6 Å². The fourth-order valence-electron chi connectivity index (χ4n) is 9.41. The van der Waals surface area contributed by atoms with Gasteiger partial charge in [-0.15, -0.1) is 0 Å². The van der Waals surface area contributed by atoms with E-state index in [-0.39, 0.29) is 25.7 Å². The van der Waals surface area contributed by atoms with Crippen molar-refractivity contribution < 1.29 is 80.2 Å². The van der Waals surface area contributed by atoms with Crippen molar-refractivity contribution >= 4 is 39.5 Å². The van der Waals surface area contributed by atoms with E-state index in [1.165, 1.54) is 25.7 Å². The lowest BCUT2D eigenvalue weighted by Gasteiger charge is -2.21. The third kappa shape index (κ3) is 69.7. The number of ether oxygens (including phenoxy) is 4. The van der Waals surface area contributed by atoms with E-state index in [9.17, 15) is 43.2 Å². The second-order valence-corrected chi connectivity index (χ2v) is 27.4. The van der Waals surface area contributed by atoms with Gasteiger partial charge in [-0.05, 0) is 154 Å². The Morgan fingerprint density at radius 1 is 0.296 bits per heavy atom. The molecule has 0 spiro atoms. The van der Waals surface area contributed by atoms with Gasteiger partial charge in [-0.2, -0.15) is 0 Å². The first-order chi connectivity index (χ1) is 47.7. The van der Waals surface area contributed by atoms with Gasteiger partial charge in [-0.25, -0.2) is 9.13 Å². The van der Waals surface area contributed by atoms with Gasteiger partial charge in [0, 0.05) is 25.7 Å². The van der Waals surface area contributed by atoms with E-state index in [0.717, 1.165) is 180 Å². The van der Waals surface area contributed by atoms with Gasteiger partial charge in [-0.1, -0.05) is 238 Å². The highest BCUT2D eigenvalue weighted by Gasteiger charge is 2.30. The third-order valence-corrected chi connectivity index (χ3v) is 17.0. The predicted octanol–water partition coefficient (Wildman–Crippen LogP) is 21.3. The summed E-state index contributed by atoms with van der Waals surface area (Å²) >= 11 is 0. The molecule has 0 aromatic heterocycles. The molecule has 19 heteroatoms. The maximum absolute atomic E-state index is 13.1. The third-order valence-electron chi connectivity index (χ3n) is 15.1. The van der Waals surface area contributed by atoms with E-state index in [1.54, 1.807) is 0 Å². The highest BCUT2D eigenvalue weighted by Crippen LogP contribution is 2.45. The average Bonchev–Trinajstić information content (AvgIpc) is 0.969. The predicted molar refractivity (Wildman–Crippen MR) is 399 cm³/mol. The Morgan fingerprint density at radius 2 is 0.551 bits per heavy atom. The first-order valence-electron chi connectivity index (χ1n) is 37.4. The van der Waals surface area contributed by atoms with Crippen LogP contribution in [0, 0.1) is 0 Å². The molecule has 0 bridgehead atoms. The van der Waals surface area contributed by atoms with Gasteiger partial charge in [0.15, 0.2) is 12.2 Å². The highest BCUT2D eigenvalue weighted by atomic mass is 31.2. The number of carbonyl (C=O) groups is 4. The Bertz CT molecular complexity index is 2380. The van der Waals surface area contributed by atoms with Crippen molar-refractivity contribution in [3.8, 4) is 0 Å². The maximum atomic E-state index is 13.1. The lowest BCUT2D eigenvalue weighted by molar-refractivity contribution is -0.161. The van der Waals surface area contributed by atoms with Crippen LogP contribution in [-0.4, -0.2) is 96.7 Å². The fraction of sp³-hybridized carbons (Fsp3) is 0.671. The number of esters is 4. The molecule has 0 heterocycles. The molecule has 3 N–H and O–H groups in total. The molecule has 0 aliphatic carbocycles.